The van der Waals surface area contributed by atoms with E-state index in [1.165, 1.54) is 51.5 Å². The summed E-state index contributed by atoms with van der Waals surface area (Å²) in [7, 11) is 0. The number of hydrogen-bond acceptors (Lipinski definition) is 1. The van der Waals surface area contributed by atoms with Crippen molar-refractivity contribution in [2.45, 2.75) is 78.2 Å². The Hall–Kier alpha value is -0.0400. The molecule has 0 unspecified atom stereocenters. The molecule has 0 aliphatic rings. The average molecular weight is 199 g/mol. The van der Waals surface area contributed by atoms with Crippen LogP contribution in [0.25, 0.3) is 0 Å². The Balaban J connectivity index is 4.21. The van der Waals surface area contributed by atoms with Crippen LogP contribution in [0.1, 0.15) is 72.6 Å². The zero-order chi connectivity index (χ0) is 10.9. The van der Waals surface area contributed by atoms with Crippen molar-refractivity contribution in [2.24, 2.45) is 0 Å². The molecular formula is C13H29N. The molecular weight excluding hydrogens is 170 g/mol. The quantitative estimate of drug-likeness (QED) is 0.589. The lowest BCUT2D eigenvalue weighted by Crippen LogP contribution is -2.45. The molecule has 0 aromatic heterocycles. The van der Waals surface area contributed by atoms with Gasteiger partial charge >= 0.3 is 0 Å². The van der Waals surface area contributed by atoms with Gasteiger partial charge in [-0.2, -0.15) is 0 Å². The minimum absolute atomic E-state index is 0.453. The largest absolute Gasteiger partial charge is 0.311 e. The van der Waals surface area contributed by atoms with E-state index in [-0.39, 0.29) is 0 Å². The smallest absolute Gasteiger partial charge is 0.0181 e. The Labute approximate surface area is 90.7 Å². The lowest BCUT2D eigenvalue weighted by molar-refractivity contribution is 0.254. The molecule has 1 heteroatoms. The van der Waals surface area contributed by atoms with E-state index in [1.807, 2.05) is 0 Å². The highest BCUT2D eigenvalue weighted by atomic mass is 15.0. The SMILES string of the molecule is CCCNC(CCC)(CCC)CCC. The van der Waals surface area contributed by atoms with Crippen molar-refractivity contribution in [1.29, 1.82) is 0 Å². The van der Waals surface area contributed by atoms with E-state index in [0.717, 1.165) is 0 Å². The van der Waals surface area contributed by atoms with Gasteiger partial charge in [0.2, 0.25) is 0 Å². The molecule has 0 amide bonds. The fraction of sp³-hybridized carbons (Fsp3) is 1.00. The van der Waals surface area contributed by atoms with Gasteiger partial charge in [-0.1, -0.05) is 47.0 Å². The fourth-order valence-electron chi connectivity index (χ4n) is 2.47. The third-order valence-corrected chi connectivity index (χ3v) is 2.94. The molecule has 0 fully saturated rings. The molecule has 1 N–H and O–H groups in total. The van der Waals surface area contributed by atoms with Crippen LogP contribution in [0, 0.1) is 0 Å². The molecule has 0 aliphatic heterocycles. The van der Waals surface area contributed by atoms with Crippen LogP contribution in [-0.4, -0.2) is 12.1 Å². The normalized spacial score (nSPS) is 12.0. The zero-order valence-corrected chi connectivity index (χ0v) is 10.7. The van der Waals surface area contributed by atoms with E-state index in [4.69, 9.17) is 0 Å². The zero-order valence-electron chi connectivity index (χ0n) is 10.7. The molecule has 0 saturated heterocycles. The maximum atomic E-state index is 3.79. The van der Waals surface area contributed by atoms with Crippen LogP contribution in [0.5, 0.6) is 0 Å². The van der Waals surface area contributed by atoms with Crippen molar-refractivity contribution < 1.29 is 0 Å². The highest BCUT2D eigenvalue weighted by Gasteiger charge is 2.25. The highest BCUT2D eigenvalue weighted by molar-refractivity contribution is 4.86. The number of hydrogen-bond donors (Lipinski definition) is 1. The van der Waals surface area contributed by atoms with Gasteiger partial charge in [-0.15, -0.1) is 0 Å². The summed E-state index contributed by atoms with van der Waals surface area (Å²) in [6.07, 6.45) is 9.18. The predicted octanol–water partition coefficient (Wildman–Crippen LogP) is 4.13. The Morgan fingerprint density at radius 3 is 1.43 bits per heavy atom. The summed E-state index contributed by atoms with van der Waals surface area (Å²) >= 11 is 0. The summed E-state index contributed by atoms with van der Waals surface area (Å²) < 4.78 is 0. The molecule has 1 nitrogen and oxygen atoms in total. The van der Waals surface area contributed by atoms with Crippen molar-refractivity contribution in [1.82, 2.24) is 5.32 Å². The Bertz CT molecular complexity index is 103. The summed E-state index contributed by atoms with van der Waals surface area (Å²) in [5.74, 6) is 0. The van der Waals surface area contributed by atoms with Gasteiger partial charge in [-0.25, -0.2) is 0 Å². The minimum atomic E-state index is 0.453. The fourth-order valence-corrected chi connectivity index (χ4v) is 2.47. The summed E-state index contributed by atoms with van der Waals surface area (Å²) in [6.45, 7) is 10.3. The van der Waals surface area contributed by atoms with Crippen LogP contribution in [-0.2, 0) is 0 Å². The molecule has 0 rings (SSSR count). The summed E-state index contributed by atoms with van der Waals surface area (Å²) in [4.78, 5) is 0. The van der Waals surface area contributed by atoms with E-state index >= 15 is 0 Å². The Morgan fingerprint density at radius 1 is 0.714 bits per heavy atom. The first-order chi connectivity index (χ1) is 6.74. The van der Waals surface area contributed by atoms with Gasteiger partial charge in [0.25, 0.3) is 0 Å². The third-order valence-electron chi connectivity index (χ3n) is 2.94. The van der Waals surface area contributed by atoms with Gasteiger partial charge in [0.05, 0.1) is 0 Å². The first-order valence-corrected chi connectivity index (χ1v) is 6.49. The van der Waals surface area contributed by atoms with Crippen LogP contribution in [0.15, 0.2) is 0 Å². The van der Waals surface area contributed by atoms with Crippen LogP contribution in [0.2, 0.25) is 0 Å². The van der Waals surface area contributed by atoms with Crippen LogP contribution in [0.3, 0.4) is 0 Å². The van der Waals surface area contributed by atoms with E-state index in [1.54, 1.807) is 0 Å². The minimum Gasteiger partial charge on any atom is -0.311 e. The van der Waals surface area contributed by atoms with E-state index < -0.39 is 0 Å². The molecule has 86 valence electrons. The average Bonchev–Trinajstić information content (AvgIpc) is 2.16. The summed E-state index contributed by atoms with van der Waals surface area (Å²) in [6, 6.07) is 0. The topological polar surface area (TPSA) is 12.0 Å². The molecule has 0 bridgehead atoms. The van der Waals surface area contributed by atoms with Crippen LogP contribution >= 0.6 is 0 Å². The standard InChI is InChI=1S/C13H29N/c1-5-9-13(10-6-2,11-7-3)14-12-8-4/h14H,5-12H2,1-4H3. The summed E-state index contributed by atoms with van der Waals surface area (Å²) in [5, 5.41) is 3.79. The van der Waals surface area contributed by atoms with Crippen LogP contribution in [0.4, 0.5) is 0 Å². The highest BCUT2D eigenvalue weighted by Crippen LogP contribution is 2.25. The summed E-state index contributed by atoms with van der Waals surface area (Å²) in [5.41, 5.74) is 0.453. The van der Waals surface area contributed by atoms with E-state index in [0.29, 0.717) is 5.54 Å². The molecule has 0 aromatic carbocycles. The lowest BCUT2D eigenvalue weighted by Gasteiger charge is -2.35. The first kappa shape index (κ1) is 14.0. The van der Waals surface area contributed by atoms with Crippen molar-refractivity contribution in [3.63, 3.8) is 0 Å². The van der Waals surface area contributed by atoms with Gasteiger partial charge in [-0.3, -0.25) is 0 Å². The van der Waals surface area contributed by atoms with E-state index in [2.05, 4.69) is 33.0 Å². The van der Waals surface area contributed by atoms with E-state index in [9.17, 15) is 0 Å². The number of rotatable bonds is 9. The molecule has 0 spiro atoms. The second-order valence-electron chi connectivity index (χ2n) is 4.46. The maximum absolute atomic E-state index is 3.79. The lowest BCUT2D eigenvalue weighted by atomic mass is 9.84. The van der Waals surface area contributed by atoms with Crippen molar-refractivity contribution >= 4 is 0 Å². The molecule has 0 saturated carbocycles. The molecule has 0 aromatic rings. The number of nitrogens with one attached hydrogen (secondary N) is 1. The molecule has 0 heterocycles. The van der Waals surface area contributed by atoms with Gasteiger partial charge in [0, 0.05) is 5.54 Å². The molecule has 14 heavy (non-hydrogen) atoms. The van der Waals surface area contributed by atoms with Gasteiger partial charge in [0.15, 0.2) is 0 Å². The molecule has 0 atom stereocenters. The van der Waals surface area contributed by atoms with Gasteiger partial charge < -0.3 is 5.32 Å². The first-order valence-electron chi connectivity index (χ1n) is 6.49. The Kier molecular flexibility index (Phi) is 8.26. The second-order valence-corrected chi connectivity index (χ2v) is 4.46. The van der Waals surface area contributed by atoms with Crippen LogP contribution < -0.4 is 5.32 Å². The van der Waals surface area contributed by atoms with Gasteiger partial charge in [-0.05, 0) is 32.2 Å². The third kappa shape index (κ3) is 4.99. The van der Waals surface area contributed by atoms with Crippen molar-refractivity contribution in [2.75, 3.05) is 6.54 Å². The van der Waals surface area contributed by atoms with Crippen molar-refractivity contribution in [3.05, 3.63) is 0 Å². The maximum Gasteiger partial charge on any atom is 0.0181 e. The molecule has 0 radical (unpaired) electrons. The second kappa shape index (κ2) is 8.28. The Morgan fingerprint density at radius 2 is 1.14 bits per heavy atom. The van der Waals surface area contributed by atoms with Crippen molar-refractivity contribution in [3.8, 4) is 0 Å². The monoisotopic (exact) mass is 199 g/mol. The van der Waals surface area contributed by atoms with Gasteiger partial charge in [0.1, 0.15) is 0 Å². The predicted molar refractivity (Wildman–Crippen MR) is 65.7 cm³/mol. The molecule has 0 aliphatic carbocycles.